The molecule has 0 aliphatic carbocycles. The average Bonchev–Trinajstić information content (AvgIpc) is 2.41. The first-order valence-corrected chi connectivity index (χ1v) is 6.08. The van der Waals surface area contributed by atoms with Crippen LogP contribution in [0.5, 0.6) is 0 Å². The van der Waals surface area contributed by atoms with Crippen molar-refractivity contribution < 1.29 is 34.0 Å². The Morgan fingerprint density at radius 3 is 2.48 bits per heavy atom. The Hall–Kier alpha value is -1.55. The van der Waals surface area contributed by atoms with Crippen molar-refractivity contribution in [3.8, 4) is 0 Å². The first-order chi connectivity index (χ1) is 9.66. The quantitative estimate of drug-likeness (QED) is 0.176. The van der Waals surface area contributed by atoms with E-state index >= 15 is 0 Å². The van der Waals surface area contributed by atoms with Crippen LogP contribution in [0.15, 0.2) is 12.3 Å². The molecule has 2 amide bonds. The van der Waals surface area contributed by atoms with Crippen LogP contribution in [0.1, 0.15) is 13.3 Å². The molecule has 0 saturated heterocycles. The Bertz CT molecular complexity index is 375. The van der Waals surface area contributed by atoms with Crippen molar-refractivity contribution in [2.45, 2.75) is 37.6 Å². The van der Waals surface area contributed by atoms with Crippen molar-refractivity contribution >= 4 is 12.3 Å². The SMILES string of the molecule is COC(CC(O)O)[C@@H](O)C(C)(F)N(C)/C=C\C(=O)NC=O. The maximum absolute atomic E-state index is 14.6. The predicted octanol–water partition coefficient (Wildman–Crippen LogP) is -1.53. The molecule has 0 heterocycles. The Morgan fingerprint density at radius 1 is 1.48 bits per heavy atom. The van der Waals surface area contributed by atoms with E-state index in [0.29, 0.717) is 0 Å². The zero-order valence-corrected chi connectivity index (χ0v) is 12.1. The predicted molar refractivity (Wildman–Crippen MR) is 70.3 cm³/mol. The van der Waals surface area contributed by atoms with Crippen molar-refractivity contribution in [2.24, 2.45) is 0 Å². The molecule has 0 aromatic carbocycles. The van der Waals surface area contributed by atoms with E-state index in [1.54, 1.807) is 0 Å². The van der Waals surface area contributed by atoms with E-state index in [1.807, 2.05) is 5.32 Å². The number of halogens is 1. The van der Waals surface area contributed by atoms with Gasteiger partial charge in [-0.2, -0.15) is 0 Å². The van der Waals surface area contributed by atoms with Gasteiger partial charge in [0.25, 0.3) is 5.91 Å². The highest BCUT2D eigenvalue weighted by atomic mass is 19.1. The van der Waals surface area contributed by atoms with Gasteiger partial charge >= 0.3 is 0 Å². The maximum atomic E-state index is 14.6. The number of carbonyl (C=O) groups is 2. The third-order valence-electron chi connectivity index (χ3n) is 2.98. The van der Waals surface area contributed by atoms with Crippen LogP contribution in [0.3, 0.4) is 0 Å². The summed E-state index contributed by atoms with van der Waals surface area (Å²) in [6.45, 7) is 1.04. The number of aliphatic hydroxyl groups excluding tert-OH is 2. The van der Waals surface area contributed by atoms with E-state index in [9.17, 15) is 19.1 Å². The van der Waals surface area contributed by atoms with Crippen LogP contribution in [0.4, 0.5) is 4.39 Å². The number of methoxy groups -OCH3 is 1. The molecule has 0 radical (unpaired) electrons. The summed E-state index contributed by atoms with van der Waals surface area (Å²) in [5.41, 5.74) is 0. The van der Waals surface area contributed by atoms with Gasteiger partial charge in [-0.3, -0.25) is 14.9 Å². The van der Waals surface area contributed by atoms with Gasteiger partial charge in [0, 0.05) is 32.9 Å². The minimum absolute atomic E-state index is 0.180. The second kappa shape index (κ2) is 8.67. The molecule has 2 unspecified atom stereocenters. The van der Waals surface area contributed by atoms with Crippen molar-refractivity contribution in [1.82, 2.24) is 10.2 Å². The molecular formula is C12H21FN2O6. The van der Waals surface area contributed by atoms with E-state index < -0.39 is 30.2 Å². The molecule has 4 N–H and O–H groups in total. The lowest BCUT2D eigenvalue weighted by atomic mass is 10.0. The first-order valence-electron chi connectivity index (χ1n) is 6.08. The summed E-state index contributed by atoms with van der Waals surface area (Å²) in [6.07, 6.45) is -2.92. The van der Waals surface area contributed by atoms with Crippen LogP contribution in [0.25, 0.3) is 0 Å². The third-order valence-corrected chi connectivity index (χ3v) is 2.98. The Balaban J connectivity index is 4.90. The molecule has 0 saturated carbocycles. The molecule has 0 fully saturated rings. The number of nitrogens with zero attached hydrogens (tertiary/aromatic N) is 1. The van der Waals surface area contributed by atoms with Crippen LogP contribution in [0, 0.1) is 0 Å². The van der Waals surface area contributed by atoms with Gasteiger partial charge < -0.3 is 25.0 Å². The number of likely N-dealkylation sites (N-methyl/N-ethyl adjacent to an activating group) is 1. The number of imide groups is 1. The van der Waals surface area contributed by atoms with Gasteiger partial charge in [0.2, 0.25) is 12.2 Å². The van der Waals surface area contributed by atoms with Crippen molar-refractivity contribution in [3.63, 3.8) is 0 Å². The molecule has 0 aliphatic heterocycles. The normalized spacial score (nSPS) is 17.3. The van der Waals surface area contributed by atoms with Crippen LogP contribution in [0.2, 0.25) is 0 Å². The van der Waals surface area contributed by atoms with Gasteiger partial charge in [0.1, 0.15) is 6.10 Å². The summed E-state index contributed by atoms with van der Waals surface area (Å²) in [6, 6.07) is 0. The number of amides is 2. The number of nitrogens with one attached hydrogen (secondary N) is 1. The zero-order valence-electron chi connectivity index (χ0n) is 12.1. The molecule has 9 heteroatoms. The lowest BCUT2D eigenvalue weighted by Crippen LogP contribution is -2.53. The van der Waals surface area contributed by atoms with Gasteiger partial charge in [0.15, 0.2) is 6.29 Å². The number of alkyl halides is 1. The Labute approximate surface area is 121 Å². The molecule has 8 nitrogen and oxygen atoms in total. The van der Waals surface area contributed by atoms with E-state index in [1.165, 1.54) is 14.2 Å². The fourth-order valence-corrected chi connectivity index (χ4v) is 1.54. The van der Waals surface area contributed by atoms with Crippen LogP contribution >= 0.6 is 0 Å². The van der Waals surface area contributed by atoms with E-state index in [2.05, 4.69) is 0 Å². The maximum Gasteiger partial charge on any atom is 0.251 e. The highest BCUT2D eigenvalue weighted by Gasteiger charge is 2.41. The molecule has 0 rings (SSSR count). The van der Waals surface area contributed by atoms with Gasteiger partial charge in [-0.15, -0.1) is 0 Å². The topological polar surface area (TPSA) is 119 Å². The smallest absolute Gasteiger partial charge is 0.251 e. The molecule has 0 aromatic rings. The number of carbonyl (C=O) groups excluding carboxylic acids is 2. The van der Waals surface area contributed by atoms with Crippen molar-refractivity contribution in [3.05, 3.63) is 12.3 Å². The van der Waals surface area contributed by atoms with Gasteiger partial charge in [0.05, 0.1) is 6.10 Å². The third kappa shape index (κ3) is 6.17. The highest BCUT2D eigenvalue weighted by Crippen LogP contribution is 2.25. The van der Waals surface area contributed by atoms with E-state index in [4.69, 9.17) is 14.9 Å². The summed E-state index contributed by atoms with van der Waals surface area (Å²) >= 11 is 0. The minimum Gasteiger partial charge on any atom is -0.385 e. The number of aliphatic hydroxyl groups is 3. The molecule has 0 aromatic heterocycles. The summed E-state index contributed by atoms with van der Waals surface area (Å²) in [5.74, 6) is -3.11. The largest absolute Gasteiger partial charge is 0.385 e. The van der Waals surface area contributed by atoms with Crippen molar-refractivity contribution in [1.29, 1.82) is 0 Å². The fraction of sp³-hybridized carbons (Fsp3) is 0.667. The molecule has 0 bridgehead atoms. The number of ether oxygens (including phenoxy) is 1. The van der Waals surface area contributed by atoms with Gasteiger partial charge in [-0.1, -0.05) is 0 Å². The molecular weight excluding hydrogens is 287 g/mol. The summed E-state index contributed by atoms with van der Waals surface area (Å²) in [7, 11) is 2.45. The molecule has 122 valence electrons. The summed E-state index contributed by atoms with van der Waals surface area (Å²) in [5, 5.41) is 29.5. The fourth-order valence-electron chi connectivity index (χ4n) is 1.54. The monoisotopic (exact) mass is 308 g/mol. The molecule has 3 atom stereocenters. The second-order valence-electron chi connectivity index (χ2n) is 4.51. The van der Waals surface area contributed by atoms with Crippen molar-refractivity contribution in [2.75, 3.05) is 14.2 Å². The van der Waals surface area contributed by atoms with Crippen LogP contribution in [-0.2, 0) is 14.3 Å². The molecule has 0 spiro atoms. The Morgan fingerprint density at radius 2 is 2.05 bits per heavy atom. The van der Waals surface area contributed by atoms with Gasteiger partial charge in [-0.25, -0.2) is 4.39 Å². The zero-order chi connectivity index (χ0) is 16.6. The minimum atomic E-state index is -2.35. The average molecular weight is 308 g/mol. The van der Waals surface area contributed by atoms with E-state index in [0.717, 1.165) is 24.1 Å². The number of hydrogen-bond donors (Lipinski definition) is 4. The van der Waals surface area contributed by atoms with E-state index in [-0.39, 0.29) is 12.8 Å². The van der Waals surface area contributed by atoms with Crippen LogP contribution < -0.4 is 5.32 Å². The molecule has 0 aliphatic rings. The second-order valence-corrected chi connectivity index (χ2v) is 4.51. The summed E-state index contributed by atoms with van der Waals surface area (Å²) in [4.78, 5) is 22.0. The number of hydrogen-bond acceptors (Lipinski definition) is 7. The lowest BCUT2D eigenvalue weighted by molar-refractivity contribution is -0.162. The molecule has 21 heavy (non-hydrogen) atoms. The summed E-state index contributed by atoms with van der Waals surface area (Å²) < 4.78 is 19.4. The first kappa shape index (κ1) is 19.4. The van der Waals surface area contributed by atoms with Crippen LogP contribution in [-0.4, -0.2) is 71.0 Å². The standard InChI is InChI=1S/C12H21FN2O6/c1-12(13,11(20)8(21-3)6-10(18)19)15(2)5-4-9(17)14-7-16/h4-5,7-8,10-11,18-20H,6H2,1-3H3,(H,14,16,17)/b5-4-/t8?,11-,12?/m1/s1. The lowest BCUT2D eigenvalue weighted by Gasteiger charge is -2.38. The number of rotatable bonds is 9. The van der Waals surface area contributed by atoms with Gasteiger partial charge in [-0.05, 0) is 6.92 Å². The highest BCUT2D eigenvalue weighted by molar-refractivity contribution is 5.94. The Kier molecular flexibility index (Phi) is 8.03.